The third kappa shape index (κ3) is 4.92. The van der Waals surface area contributed by atoms with E-state index in [2.05, 4.69) is 12.2 Å². The van der Waals surface area contributed by atoms with Crippen molar-refractivity contribution in [1.29, 1.82) is 0 Å². The molecule has 32 heavy (non-hydrogen) atoms. The zero-order chi connectivity index (χ0) is 22.5. The predicted octanol–water partition coefficient (Wildman–Crippen LogP) is 3.29. The van der Waals surface area contributed by atoms with Crippen LogP contribution in [-0.4, -0.2) is 45.0 Å². The van der Waals surface area contributed by atoms with Gasteiger partial charge in [-0.1, -0.05) is 38.3 Å². The Hall–Kier alpha value is -2.57. The van der Waals surface area contributed by atoms with Gasteiger partial charge in [0.05, 0.1) is 11.0 Å². The summed E-state index contributed by atoms with van der Waals surface area (Å²) in [7, 11) is 0. The van der Waals surface area contributed by atoms with Crippen LogP contribution in [-0.2, 0) is 22.7 Å². The van der Waals surface area contributed by atoms with Crippen LogP contribution in [0.5, 0.6) is 0 Å². The molecule has 2 aromatic rings. The van der Waals surface area contributed by atoms with E-state index in [0.717, 1.165) is 56.2 Å². The fourth-order valence-corrected chi connectivity index (χ4v) is 5.29. The Morgan fingerprint density at radius 1 is 0.938 bits per heavy atom. The van der Waals surface area contributed by atoms with Crippen LogP contribution in [0.1, 0.15) is 64.7 Å². The molecule has 1 aromatic carbocycles. The standard InChI is InChI=1S/C25H36N4O3/c1-2-15-28-21-10-6-7-11-22(21)29(25(28)32)18-14-23(30)26-20-12-16-27(17-13-20)24(31)19-8-4-3-5-9-19/h6-7,10-11,19-20H,2-5,8-9,12-18H2,1H3,(H,26,30). The fraction of sp³-hybridized carbons (Fsp3) is 0.640. The summed E-state index contributed by atoms with van der Waals surface area (Å²) in [6.07, 6.45) is 8.43. The molecule has 2 heterocycles. The smallest absolute Gasteiger partial charge is 0.329 e. The molecule has 0 unspecified atom stereocenters. The number of piperidine rings is 1. The van der Waals surface area contributed by atoms with Crippen molar-refractivity contribution >= 4 is 22.8 Å². The molecule has 7 nitrogen and oxygen atoms in total. The first-order valence-corrected chi connectivity index (χ1v) is 12.3. The Morgan fingerprint density at radius 2 is 1.56 bits per heavy atom. The third-order valence-corrected chi connectivity index (χ3v) is 7.06. The molecule has 7 heteroatoms. The number of fused-ring (bicyclic) bond motifs is 1. The number of hydrogen-bond donors (Lipinski definition) is 1. The lowest BCUT2D eigenvalue weighted by atomic mass is 9.87. The van der Waals surface area contributed by atoms with E-state index in [0.29, 0.717) is 19.0 Å². The number of imidazole rings is 1. The van der Waals surface area contributed by atoms with Crippen LogP contribution in [0.2, 0.25) is 0 Å². The highest BCUT2D eigenvalue weighted by atomic mass is 16.2. The quantitative estimate of drug-likeness (QED) is 0.718. The highest BCUT2D eigenvalue weighted by Gasteiger charge is 2.29. The summed E-state index contributed by atoms with van der Waals surface area (Å²) in [6, 6.07) is 7.88. The maximum atomic E-state index is 12.9. The number of nitrogens with one attached hydrogen (secondary N) is 1. The minimum Gasteiger partial charge on any atom is -0.353 e. The minimum atomic E-state index is -0.0459. The predicted molar refractivity (Wildman–Crippen MR) is 125 cm³/mol. The van der Waals surface area contributed by atoms with Gasteiger partial charge >= 0.3 is 5.69 Å². The molecule has 1 saturated heterocycles. The van der Waals surface area contributed by atoms with E-state index in [1.54, 1.807) is 9.13 Å². The number of carbonyl (C=O) groups excluding carboxylic acids is 2. The Kier molecular flexibility index (Phi) is 7.33. The number of aromatic nitrogens is 2. The summed E-state index contributed by atoms with van der Waals surface area (Å²) in [5.74, 6) is 0.502. The topological polar surface area (TPSA) is 76.3 Å². The average Bonchev–Trinajstić information content (AvgIpc) is 3.09. The first-order valence-electron chi connectivity index (χ1n) is 12.3. The maximum Gasteiger partial charge on any atom is 0.329 e. The van der Waals surface area contributed by atoms with E-state index in [-0.39, 0.29) is 30.0 Å². The fourth-order valence-electron chi connectivity index (χ4n) is 5.29. The summed E-state index contributed by atoms with van der Waals surface area (Å²) >= 11 is 0. The van der Waals surface area contributed by atoms with Crippen molar-refractivity contribution in [1.82, 2.24) is 19.4 Å². The molecule has 0 atom stereocenters. The third-order valence-electron chi connectivity index (χ3n) is 7.06. The molecule has 2 amide bonds. The first-order chi connectivity index (χ1) is 15.6. The summed E-state index contributed by atoms with van der Waals surface area (Å²) in [6.45, 7) is 4.56. The molecule has 2 aliphatic rings. The Morgan fingerprint density at radius 3 is 2.19 bits per heavy atom. The molecule has 0 bridgehead atoms. The van der Waals surface area contributed by atoms with Crippen LogP contribution >= 0.6 is 0 Å². The van der Waals surface area contributed by atoms with Gasteiger partial charge in [-0.3, -0.25) is 18.7 Å². The summed E-state index contributed by atoms with van der Waals surface area (Å²) in [4.78, 5) is 40.2. The van der Waals surface area contributed by atoms with Crippen molar-refractivity contribution in [2.75, 3.05) is 13.1 Å². The molecule has 1 saturated carbocycles. The van der Waals surface area contributed by atoms with Gasteiger partial charge < -0.3 is 10.2 Å². The monoisotopic (exact) mass is 440 g/mol. The molecule has 4 rings (SSSR count). The molecule has 1 aliphatic carbocycles. The Bertz CT molecular complexity index is 994. The molecule has 174 valence electrons. The van der Waals surface area contributed by atoms with Crippen LogP contribution in [0.25, 0.3) is 11.0 Å². The number of carbonyl (C=O) groups is 2. The normalized spacial score (nSPS) is 18.2. The lowest BCUT2D eigenvalue weighted by Crippen LogP contribution is -2.48. The molecule has 1 N–H and O–H groups in total. The van der Waals surface area contributed by atoms with Gasteiger partial charge in [0.1, 0.15) is 0 Å². The highest BCUT2D eigenvalue weighted by molar-refractivity contribution is 5.79. The maximum absolute atomic E-state index is 12.9. The van der Waals surface area contributed by atoms with E-state index in [1.807, 2.05) is 29.2 Å². The second-order valence-corrected chi connectivity index (χ2v) is 9.33. The first kappa shape index (κ1) is 22.6. The van der Waals surface area contributed by atoms with E-state index < -0.39 is 0 Å². The van der Waals surface area contributed by atoms with Gasteiger partial charge in [-0.15, -0.1) is 0 Å². The second-order valence-electron chi connectivity index (χ2n) is 9.33. The summed E-state index contributed by atoms with van der Waals surface area (Å²) < 4.78 is 3.52. The number of para-hydroxylation sites is 2. The van der Waals surface area contributed by atoms with Crippen molar-refractivity contribution in [3.63, 3.8) is 0 Å². The summed E-state index contributed by atoms with van der Waals surface area (Å²) in [5.41, 5.74) is 1.76. The van der Waals surface area contributed by atoms with Crippen LogP contribution in [0.15, 0.2) is 29.1 Å². The van der Waals surface area contributed by atoms with Crippen molar-refractivity contribution in [3.05, 3.63) is 34.7 Å². The zero-order valence-corrected chi connectivity index (χ0v) is 19.2. The molecule has 1 aromatic heterocycles. The number of nitrogens with zero attached hydrogens (tertiary/aromatic N) is 3. The van der Waals surface area contributed by atoms with Gasteiger partial charge in [-0.2, -0.15) is 0 Å². The lowest BCUT2D eigenvalue weighted by molar-refractivity contribution is -0.137. The summed E-state index contributed by atoms with van der Waals surface area (Å²) in [5, 5.41) is 3.13. The zero-order valence-electron chi connectivity index (χ0n) is 19.2. The van der Waals surface area contributed by atoms with E-state index in [1.165, 1.54) is 19.3 Å². The number of aryl methyl sites for hydroxylation is 2. The molecule has 2 fully saturated rings. The minimum absolute atomic E-state index is 0.0266. The molecular formula is C25H36N4O3. The van der Waals surface area contributed by atoms with Crippen molar-refractivity contribution in [2.45, 2.75) is 83.8 Å². The molecule has 0 spiro atoms. The second kappa shape index (κ2) is 10.4. The van der Waals surface area contributed by atoms with Gasteiger partial charge in [0.15, 0.2) is 0 Å². The lowest BCUT2D eigenvalue weighted by Gasteiger charge is -2.35. The van der Waals surface area contributed by atoms with Crippen LogP contribution in [0.4, 0.5) is 0 Å². The van der Waals surface area contributed by atoms with Crippen LogP contribution in [0.3, 0.4) is 0 Å². The highest BCUT2D eigenvalue weighted by Crippen LogP contribution is 2.26. The number of hydrogen-bond acceptors (Lipinski definition) is 3. The van der Waals surface area contributed by atoms with Gasteiger partial charge in [0.25, 0.3) is 0 Å². The molecular weight excluding hydrogens is 404 g/mol. The van der Waals surface area contributed by atoms with Gasteiger partial charge in [0, 0.05) is 44.6 Å². The van der Waals surface area contributed by atoms with Gasteiger partial charge in [-0.25, -0.2) is 4.79 Å². The Balaban J connectivity index is 1.29. The van der Waals surface area contributed by atoms with Crippen molar-refractivity contribution in [3.8, 4) is 0 Å². The van der Waals surface area contributed by atoms with Gasteiger partial charge in [-0.05, 0) is 44.2 Å². The Labute approximate surface area is 189 Å². The number of rotatable bonds is 7. The van der Waals surface area contributed by atoms with E-state index in [4.69, 9.17) is 0 Å². The number of likely N-dealkylation sites (tertiary alicyclic amines) is 1. The van der Waals surface area contributed by atoms with Crippen molar-refractivity contribution in [2.24, 2.45) is 5.92 Å². The molecule has 1 aliphatic heterocycles. The van der Waals surface area contributed by atoms with Crippen LogP contribution < -0.4 is 11.0 Å². The molecule has 0 radical (unpaired) electrons. The number of benzene rings is 1. The average molecular weight is 441 g/mol. The van der Waals surface area contributed by atoms with Crippen LogP contribution in [0, 0.1) is 5.92 Å². The van der Waals surface area contributed by atoms with Crippen molar-refractivity contribution < 1.29 is 9.59 Å². The SMILES string of the molecule is CCCn1c(=O)n(CCC(=O)NC2CCN(C(=O)C3CCCCC3)CC2)c2ccccc21. The largest absolute Gasteiger partial charge is 0.353 e. The van der Waals surface area contributed by atoms with E-state index in [9.17, 15) is 14.4 Å². The number of amides is 2. The van der Waals surface area contributed by atoms with Gasteiger partial charge in [0.2, 0.25) is 11.8 Å². The van der Waals surface area contributed by atoms with E-state index >= 15 is 0 Å².